The molecular formula is C50H57F2N8O6+. The Morgan fingerprint density at radius 2 is 1.50 bits per heavy atom. The van der Waals surface area contributed by atoms with Crippen molar-refractivity contribution in [2.75, 3.05) is 27.8 Å². The molecule has 3 aromatic carbocycles. The Morgan fingerprint density at radius 3 is 2.18 bits per heavy atom. The number of quaternary nitrogens is 1. The van der Waals surface area contributed by atoms with Gasteiger partial charge in [0.15, 0.2) is 11.9 Å². The van der Waals surface area contributed by atoms with Gasteiger partial charge in [-0.25, -0.2) is 24.4 Å². The monoisotopic (exact) mass is 920 g/mol. The van der Waals surface area contributed by atoms with Crippen molar-refractivity contribution in [1.82, 2.24) is 35.5 Å². The van der Waals surface area contributed by atoms with Crippen molar-refractivity contribution in [3.05, 3.63) is 83.6 Å². The minimum absolute atomic E-state index is 0.0332. The minimum Gasteiger partial charge on any atom is -0.453 e. The molecule has 2 saturated heterocycles. The zero-order valence-electron chi connectivity index (χ0n) is 52.0. The van der Waals surface area contributed by atoms with Gasteiger partial charge in [-0.2, -0.15) is 8.78 Å². The fourth-order valence-corrected chi connectivity index (χ4v) is 10.9. The summed E-state index contributed by atoms with van der Waals surface area (Å²) in [7, 11) is 3.08. The summed E-state index contributed by atoms with van der Waals surface area (Å²) in [6.07, 6.45) is 1.11. The summed E-state index contributed by atoms with van der Waals surface area (Å²) in [5.74, 6) is -14.2. The van der Waals surface area contributed by atoms with Crippen molar-refractivity contribution in [2.45, 2.75) is 102 Å². The number of benzene rings is 3. The number of ether oxygens (including phenoxy) is 2. The number of imidazole rings is 2. The number of aromatic nitrogens is 4. The van der Waals surface area contributed by atoms with Crippen molar-refractivity contribution in [2.24, 2.45) is 23.1 Å². The molecule has 346 valence electrons. The van der Waals surface area contributed by atoms with Crippen LogP contribution in [0, 0.1) is 23.1 Å². The Labute approximate surface area is 404 Å². The van der Waals surface area contributed by atoms with Crippen LogP contribution in [0.25, 0.3) is 44.5 Å². The second-order valence-corrected chi connectivity index (χ2v) is 18.2. The van der Waals surface area contributed by atoms with Gasteiger partial charge >= 0.3 is 18.1 Å². The fraction of sp³-hybridized carbons (Fsp3) is 0.480. The SMILES string of the molecule is [2H]C([2H])([2H])C([2H])(C([2H])([2H])[2H])[C@@]([2H])(NC(=O)OC)C(=O)N1[C@@H]2CC[C@@H](C2)[C@H]1c1nc2ccc(-c3ccc4c(c3)C(F)(F)c3cc(-c5cnc([C@@H]6CC7(CC7)C[N+]6(C)C(=O)[C@]([2H])(NC(=O)OC)C([2H])(C([2H])([2H])[2H])C([2H])([2H])[2H])[nH]5)ccc3-4)cc2[nH]1. The van der Waals surface area contributed by atoms with E-state index in [9.17, 15) is 21.9 Å². The van der Waals surface area contributed by atoms with E-state index < -0.39 is 109 Å². The number of amides is 4. The number of alkyl carbamates (subject to hydrolysis) is 2. The molecule has 2 bridgehead atoms. The van der Waals surface area contributed by atoms with Gasteiger partial charge in [0.25, 0.3) is 5.92 Å². The van der Waals surface area contributed by atoms with Gasteiger partial charge in [-0.05, 0) is 96.3 Å². The van der Waals surface area contributed by atoms with Gasteiger partial charge in [0.2, 0.25) is 5.91 Å². The van der Waals surface area contributed by atoms with Crippen molar-refractivity contribution < 1.29 is 63.8 Å². The van der Waals surface area contributed by atoms with Crippen LogP contribution in [0.5, 0.6) is 0 Å². The molecule has 4 N–H and O–H groups in total. The number of hydrogen-bond donors (Lipinski definition) is 4. The summed E-state index contributed by atoms with van der Waals surface area (Å²) in [4.78, 5) is 71.8. The molecule has 10 rings (SSSR count). The quantitative estimate of drug-likeness (QED) is 0.101. The largest absolute Gasteiger partial charge is 0.453 e. The molecule has 5 aliphatic rings. The van der Waals surface area contributed by atoms with E-state index in [1.807, 2.05) is 5.32 Å². The Bertz CT molecular complexity index is 3450. The summed E-state index contributed by atoms with van der Waals surface area (Å²) >= 11 is 0. The molecule has 2 saturated carbocycles. The summed E-state index contributed by atoms with van der Waals surface area (Å²) in [6.45, 7) is -15.3. The summed E-state index contributed by atoms with van der Waals surface area (Å²) in [5.41, 5.74) is 1.44. The van der Waals surface area contributed by atoms with E-state index >= 15 is 8.78 Å². The maximum atomic E-state index is 16.9. The van der Waals surface area contributed by atoms with Crippen molar-refractivity contribution in [1.29, 1.82) is 0 Å². The van der Waals surface area contributed by atoms with Crippen LogP contribution in [0.4, 0.5) is 18.4 Å². The second-order valence-electron chi connectivity index (χ2n) is 18.2. The highest BCUT2D eigenvalue weighted by Crippen LogP contribution is 2.61. The Kier molecular flexibility index (Phi) is 6.86. The number of nitrogens with one attached hydrogen (secondary N) is 4. The molecule has 1 spiro atoms. The molecular weight excluding hydrogens is 847 g/mol. The second kappa shape index (κ2) is 15.7. The maximum Gasteiger partial charge on any atom is 0.407 e. The van der Waals surface area contributed by atoms with Crippen LogP contribution in [0.1, 0.15) is 123 Å². The Balaban J connectivity index is 0.937. The molecule has 66 heavy (non-hydrogen) atoms. The average Bonchev–Trinajstić information content (AvgIpc) is 3.44. The predicted octanol–water partition coefficient (Wildman–Crippen LogP) is 8.75. The number of piperidine rings is 1. The van der Waals surface area contributed by atoms with Gasteiger partial charge in [-0.3, -0.25) is 9.28 Å². The molecule has 5 aromatic rings. The lowest BCUT2D eigenvalue weighted by Crippen LogP contribution is -2.59. The highest BCUT2D eigenvalue weighted by atomic mass is 19.3. The van der Waals surface area contributed by atoms with E-state index in [-0.39, 0.29) is 64.0 Å². The summed E-state index contributed by atoms with van der Waals surface area (Å²) in [5, 5.41) is 3.62. The third-order valence-electron chi connectivity index (χ3n) is 14.3. The first kappa shape index (κ1) is 28.8. The smallest absolute Gasteiger partial charge is 0.407 e. The van der Waals surface area contributed by atoms with E-state index in [1.165, 1.54) is 31.4 Å². The molecule has 16 heteroatoms. The molecule has 1 unspecified atom stereocenters. The number of halogens is 2. The average molecular weight is 920 g/mol. The molecule has 4 fully saturated rings. The molecule has 7 atom stereocenters. The van der Waals surface area contributed by atoms with E-state index in [2.05, 4.69) is 24.4 Å². The molecule has 4 amide bonds. The van der Waals surface area contributed by atoms with Gasteiger partial charge in [-0.15, -0.1) is 0 Å². The van der Waals surface area contributed by atoms with Crippen molar-refractivity contribution in [3.63, 3.8) is 0 Å². The van der Waals surface area contributed by atoms with Crippen LogP contribution in [0.2, 0.25) is 0 Å². The Hall–Kier alpha value is -6.16. The third-order valence-corrected chi connectivity index (χ3v) is 14.3. The van der Waals surface area contributed by atoms with Gasteiger partial charge < -0.3 is 35.0 Å². The zero-order valence-corrected chi connectivity index (χ0v) is 36.0. The number of likely N-dealkylation sites (N-methyl/N-ethyl adjacent to an activating group) is 1. The maximum absolute atomic E-state index is 16.9. The number of hydrogen-bond acceptors (Lipinski definition) is 8. The number of H-pyrrole nitrogens is 2. The van der Waals surface area contributed by atoms with Crippen LogP contribution in [-0.4, -0.2) is 99.2 Å². The third kappa shape index (κ3) is 7.05. The number of carbonyl (C=O) groups is 4. The first-order valence-electron chi connectivity index (χ1n) is 29.5. The number of nitrogens with zero attached hydrogens (tertiary/aromatic N) is 4. The van der Waals surface area contributed by atoms with Crippen molar-refractivity contribution >= 4 is 35.0 Å². The van der Waals surface area contributed by atoms with Gasteiger partial charge in [-0.1, -0.05) is 57.7 Å². The van der Waals surface area contributed by atoms with Crippen LogP contribution in [0.15, 0.2) is 60.8 Å². The molecule has 2 aliphatic heterocycles. The summed E-state index contributed by atoms with van der Waals surface area (Å²) in [6, 6.07) is 4.03. The van der Waals surface area contributed by atoms with Gasteiger partial charge in [0, 0.05) is 53.8 Å². The first-order valence-corrected chi connectivity index (χ1v) is 21.5. The van der Waals surface area contributed by atoms with Crippen LogP contribution < -0.4 is 10.6 Å². The van der Waals surface area contributed by atoms with E-state index in [1.54, 1.807) is 41.7 Å². The van der Waals surface area contributed by atoms with Crippen LogP contribution in [0.3, 0.4) is 0 Å². The molecule has 14 nitrogen and oxygen atoms in total. The number of carbonyl (C=O) groups excluding carboxylic acids is 4. The van der Waals surface area contributed by atoms with Crippen LogP contribution >= 0.6 is 0 Å². The highest BCUT2D eigenvalue weighted by molar-refractivity contribution is 5.89. The fourth-order valence-electron chi connectivity index (χ4n) is 10.9. The molecule has 2 aromatic heterocycles. The normalized spacial score (nSPS) is 30.6. The number of methoxy groups -OCH3 is 2. The summed E-state index contributed by atoms with van der Waals surface area (Å²) < 4.78 is 176. The predicted molar refractivity (Wildman–Crippen MR) is 242 cm³/mol. The number of likely N-dealkylation sites (tertiary alicyclic amines) is 2. The number of aromatic amines is 2. The van der Waals surface area contributed by atoms with Crippen LogP contribution in [-0.2, 0) is 25.0 Å². The van der Waals surface area contributed by atoms with Gasteiger partial charge in [0.1, 0.15) is 17.9 Å². The standard InChI is InChI=1S/C50H56F2N8O6/c1-25(2)40(57-47(63)65-6)45(61)59-31-12-8-30(18-31)42(59)44-54-36-15-11-28(21-37(36)55-44)27-9-13-32-33-14-10-29(20-35(33)50(51,52)34(32)19-27)38-23-53-43(56-38)39-22-49(16-17-49)24-60(39,5)46(62)41(26(3)4)58-48(64)66-7/h9-11,13-15,19-21,23,25-26,30-31,39-42H,8,12,16-18,22,24H2,1-7H3,(H3-,53,54,55,56,57,58,63,64)/p+1/t30-,31+,39-,40+,41+,42-,60?/m0/s1/i1D3,2D3,3D3,4D3,25D,26D,40D,41D. The van der Waals surface area contributed by atoms with E-state index in [4.69, 9.17) is 24.2 Å². The first-order chi connectivity index (χ1) is 37.8. The van der Waals surface area contributed by atoms with E-state index in [0.29, 0.717) is 54.3 Å². The molecule has 4 heterocycles. The molecule has 0 radical (unpaired) electrons. The van der Waals surface area contributed by atoms with Crippen molar-refractivity contribution in [3.8, 4) is 33.5 Å². The highest BCUT2D eigenvalue weighted by Gasteiger charge is 2.64. The number of alkyl halides is 2. The molecule has 3 aliphatic carbocycles. The number of fused-ring (bicyclic) bond motifs is 6. The lowest BCUT2D eigenvalue weighted by Gasteiger charge is -2.37. The minimum atomic E-state index is -3.90. The lowest BCUT2D eigenvalue weighted by molar-refractivity contribution is -0.856. The van der Waals surface area contributed by atoms with Gasteiger partial charge in [0.05, 0.1) is 59.5 Å². The zero-order chi connectivity index (χ0) is 60.3. The van der Waals surface area contributed by atoms with E-state index in [0.717, 1.165) is 19.1 Å². The lowest BCUT2D eigenvalue weighted by atomic mass is 9.95. The Morgan fingerprint density at radius 1 is 0.864 bits per heavy atom. The topological polar surface area (TPSA) is 171 Å². The number of rotatable bonds is 10.